The normalized spacial score (nSPS) is 12.6. The highest BCUT2D eigenvalue weighted by molar-refractivity contribution is 5.90. The van der Waals surface area contributed by atoms with Crippen LogP contribution >= 0.6 is 0 Å². The maximum Gasteiger partial charge on any atom is 0.305 e. The number of carbonyl (C=O) groups excluding carboxylic acids is 3. The molecule has 6 heteroatoms. The summed E-state index contributed by atoms with van der Waals surface area (Å²) in [6.45, 7) is 4.06. The highest BCUT2D eigenvalue weighted by atomic mass is 16.6. The Kier molecular flexibility index (Phi) is 35.4. The SMILES string of the molecule is CCCCC/C=C\C/C=C\C/C=C\C=C\C(=O)CCCC(=O)OC[C@@H](O)COC(=O)CCCCCCCCCCCCCCCCCC. The predicted molar refractivity (Wildman–Crippen MR) is 201 cm³/mol. The van der Waals surface area contributed by atoms with Crippen LogP contribution < -0.4 is 0 Å². The van der Waals surface area contributed by atoms with Crippen molar-refractivity contribution in [3.63, 3.8) is 0 Å². The molecule has 0 saturated carbocycles. The number of hydrogen-bond donors (Lipinski definition) is 1. The predicted octanol–water partition coefficient (Wildman–Crippen LogP) is 11.4. The maximum atomic E-state index is 12.0. The lowest BCUT2D eigenvalue weighted by atomic mass is 10.0. The van der Waals surface area contributed by atoms with Gasteiger partial charge in [-0.15, -0.1) is 0 Å². The van der Waals surface area contributed by atoms with Crippen LogP contribution in [0.25, 0.3) is 0 Å². The number of carbonyl (C=O) groups is 3. The van der Waals surface area contributed by atoms with Gasteiger partial charge in [-0.1, -0.05) is 166 Å². The molecule has 0 bridgehead atoms. The summed E-state index contributed by atoms with van der Waals surface area (Å²) in [4.78, 5) is 35.9. The van der Waals surface area contributed by atoms with Crippen molar-refractivity contribution in [3.8, 4) is 0 Å². The first-order chi connectivity index (χ1) is 23.5. The van der Waals surface area contributed by atoms with Gasteiger partial charge < -0.3 is 14.6 Å². The van der Waals surface area contributed by atoms with E-state index in [1.165, 1.54) is 109 Å². The largest absolute Gasteiger partial charge is 0.463 e. The minimum atomic E-state index is -1.05. The van der Waals surface area contributed by atoms with Crippen LogP contribution in [0.2, 0.25) is 0 Å². The summed E-state index contributed by atoms with van der Waals surface area (Å²) in [5.74, 6) is -0.857. The van der Waals surface area contributed by atoms with E-state index in [1.807, 2.05) is 12.2 Å². The summed E-state index contributed by atoms with van der Waals surface area (Å²) in [6, 6.07) is 0. The molecule has 276 valence electrons. The van der Waals surface area contributed by atoms with Gasteiger partial charge in [-0.25, -0.2) is 0 Å². The lowest BCUT2D eigenvalue weighted by Gasteiger charge is -2.12. The molecule has 0 aromatic heterocycles. The molecule has 0 aliphatic rings. The van der Waals surface area contributed by atoms with Gasteiger partial charge in [0, 0.05) is 19.3 Å². The number of aliphatic hydroxyl groups excluding tert-OH is 1. The molecule has 0 aliphatic heterocycles. The fourth-order valence-corrected chi connectivity index (χ4v) is 5.27. The van der Waals surface area contributed by atoms with Crippen LogP contribution in [0, 0.1) is 0 Å². The van der Waals surface area contributed by atoms with Crippen molar-refractivity contribution in [2.45, 2.75) is 187 Å². The van der Waals surface area contributed by atoms with Crippen molar-refractivity contribution in [1.82, 2.24) is 0 Å². The standard InChI is InChI=1S/C42H72O6/c1-3-5-7-9-11-13-15-17-18-19-21-23-25-27-29-31-35-41(45)47-37-40(44)38-48-42(46)36-32-34-39(43)33-30-28-26-24-22-20-16-14-12-10-8-6-4-2/h12,14,20,22,26,28,30,33,40,44H,3-11,13,15-19,21,23-25,27,29,31-32,34-38H2,1-2H3/b14-12-,22-20-,28-26-,33-30+/t40-/m0/s1. The third-order valence-electron chi connectivity index (χ3n) is 8.29. The molecular formula is C42H72O6. The van der Waals surface area contributed by atoms with E-state index in [0.717, 1.165) is 38.5 Å². The fourth-order valence-electron chi connectivity index (χ4n) is 5.27. The molecule has 0 saturated heterocycles. The van der Waals surface area contributed by atoms with E-state index in [4.69, 9.17) is 9.47 Å². The van der Waals surface area contributed by atoms with Crippen LogP contribution in [-0.2, 0) is 23.9 Å². The summed E-state index contributed by atoms with van der Waals surface area (Å²) >= 11 is 0. The van der Waals surface area contributed by atoms with E-state index in [0.29, 0.717) is 12.8 Å². The quantitative estimate of drug-likeness (QED) is 0.0237. The van der Waals surface area contributed by atoms with Crippen molar-refractivity contribution >= 4 is 17.7 Å². The second-order valence-electron chi connectivity index (χ2n) is 13.1. The van der Waals surface area contributed by atoms with Crippen molar-refractivity contribution in [2.24, 2.45) is 0 Å². The molecule has 48 heavy (non-hydrogen) atoms. The van der Waals surface area contributed by atoms with Crippen molar-refractivity contribution in [3.05, 3.63) is 48.6 Å². The van der Waals surface area contributed by atoms with Crippen LogP contribution in [0.15, 0.2) is 48.6 Å². The smallest absolute Gasteiger partial charge is 0.305 e. The van der Waals surface area contributed by atoms with Crippen LogP contribution in [0.3, 0.4) is 0 Å². The third-order valence-corrected chi connectivity index (χ3v) is 8.29. The van der Waals surface area contributed by atoms with Gasteiger partial charge in [0.1, 0.15) is 19.3 Å². The van der Waals surface area contributed by atoms with Gasteiger partial charge in [0.25, 0.3) is 0 Å². The molecule has 0 fully saturated rings. The zero-order valence-corrected chi connectivity index (χ0v) is 31.0. The van der Waals surface area contributed by atoms with Crippen LogP contribution in [0.5, 0.6) is 0 Å². The first kappa shape index (κ1) is 45.5. The Balaban J connectivity index is 3.62. The maximum absolute atomic E-state index is 12.0. The van der Waals surface area contributed by atoms with E-state index in [2.05, 4.69) is 38.2 Å². The molecule has 0 aliphatic carbocycles. The van der Waals surface area contributed by atoms with E-state index in [9.17, 15) is 19.5 Å². The van der Waals surface area contributed by atoms with Crippen LogP contribution in [0.4, 0.5) is 0 Å². The van der Waals surface area contributed by atoms with E-state index in [-0.39, 0.29) is 37.8 Å². The molecule has 0 aromatic carbocycles. The van der Waals surface area contributed by atoms with Crippen LogP contribution in [0.1, 0.15) is 181 Å². The zero-order valence-electron chi connectivity index (χ0n) is 31.0. The fraction of sp³-hybridized carbons (Fsp3) is 0.738. The second-order valence-corrected chi connectivity index (χ2v) is 13.1. The molecule has 0 unspecified atom stereocenters. The Hall–Kier alpha value is -2.47. The Morgan fingerprint density at radius 2 is 0.938 bits per heavy atom. The Labute approximate surface area is 294 Å². The molecule has 0 amide bonds. The molecule has 0 rings (SSSR count). The van der Waals surface area contributed by atoms with Gasteiger partial charge in [-0.2, -0.15) is 0 Å². The van der Waals surface area contributed by atoms with Crippen molar-refractivity contribution in [1.29, 1.82) is 0 Å². The molecule has 0 heterocycles. The molecule has 1 N–H and O–H groups in total. The summed E-state index contributed by atoms with van der Waals surface area (Å²) in [7, 11) is 0. The molecule has 0 spiro atoms. The number of hydrogen-bond acceptors (Lipinski definition) is 6. The first-order valence-corrected chi connectivity index (χ1v) is 19.6. The number of rotatable bonds is 35. The molecular weight excluding hydrogens is 600 g/mol. The monoisotopic (exact) mass is 673 g/mol. The average molecular weight is 673 g/mol. The van der Waals surface area contributed by atoms with Crippen molar-refractivity contribution in [2.75, 3.05) is 13.2 Å². The lowest BCUT2D eigenvalue weighted by Crippen LogP contribution is -2.25. The lowest BCUT2D eigenvalue weighted by molar-refractivity contribution is -0.152. The minimum Gasteiger partial charge on any atom is -0.463 e. The molecule has 1 atom stereocenters. The summed E-state index contributed by atoms with van der Waals surface area (Å²) < 4.78 is 10.2. The Bertz CT molecular complexity index is 871. The van der Waals surface area contributed by atoms with Gasteiger partial charge in [-0.3, -0.25) is 14.4 Å². The Morgan fingerprint density at radius 3 is 1.48 bits per heavy atom. The summed E-state index contributed by atoms with van der Waals surface area (Å²) in [6.07, 6.45) is 43.1. The number of unbranched alkanes of at least 4 members (excludes halogenated alkanes) is 18. The highest BCUT2D eigenvalue weighted by Gasteiger charge is 2.12. The number of allylic oxidation sites excluding steroid dienone is 8. The summed E-state index contributed by atoms with van der Waals surface area (Å²) in [5.41, 5.74) is 0. The number of aliphatic hydroxyl groups is 1. The number of esters is 2. The minimum absolute atomic E-state index is 0.0486. The van der Waals surface area contributed by atoms with Crippen molar-refractivity contribution < 1.29 is 29.0 Å². The first-order valence-electron chi connectivity index (χ1n) is 19.6. The average Bonchev–Trinajstić information content (AvgIpc) is 3.08. The Morgan fingerprint density at radius 1 is 0.500 bits per heavy atom. The van der Waals surface area contributed by atoms with Gasteiger partial charge in [0.05, 0.1) is 0 Å². The zero-order chi connectivity index (χ0) is 35.2. The van der Waals surface area contributed by atoms with E-state index in [1.54, 1.807) is 6.08 Å². The van der Waals surface area contributed by atoms with Gasteiger partial charge in [0.2, 0.25) is 0 Å². The molecule has 6 nitrogen and oxygen atoms in total. The van der Waals surface area contributed by atoms with Gasteiger partial charge in [0.15, 0.2) is 5.78 Å². The topological polar surface area (TPSA) is 89.9 Å². The second kappa shape index (κ2) is 37.4. The van der Waals surface area contributed by atoms with Gasteiger partial charge >= 0.3 is 11.9 Å². The highest BCUT2D eigenvalue weighted by Crippen LogP contribution is 2.14. The van der Waals surface area contributed by atoms with Gasteiger partial charge in [-0.05, 0) is 44.6 Å². The third kappa shape index (κ3) is 36.4. The van der Waals surface area contributed by atoms with Crippen LogP contribution in [-0.4, -0.2) is 42.1 Å². The molecule has 0 aromatic rings. The number of ketones is 1. The summed E-state index contributed by atoms with van der Waals surface area (Å²) in [5, 5.41) is 9.99. The van der Waals surface area contributed by atoms with E-state index >= 15 is 0 Å². The number of ether oxygens (including phenoxy) is 2. The van der Waals surface area contributed by atoms with E-state index < -0.39 is 12.1 Å². The molecule has 0 radical (unpaired) electrons.